The molecule has 4 aromatic heterocycles. The van der Waals surface area contributed by atoms with Crippen LogP contribution in [0.4, 0.5) is 5.82 Å². The van der Waals surface area contributed by atoms with Gasteiger partial charge < -0.3 is 19.5 Å². The molecule has 36 heavy (non-hydrogen) atoms. The Bertz CT molecular complexity index is 1560. The molecule has 5 rings (SSSR count). The lowest BCUT2D eigenvalue weighted by Gasteiger charge is -2.28. The van der Waals surface area contributed by atoms with Gasteiger partial charge in [-0.2, -0.15) is 5.10 Å². The number of ether oxygens (including phenoxy) is 1. The van der Waals surface area contributed by atoms with Gasteiger partial charge in [0.1, 0.15) is 12.4 Å². The Morgan fingerprint density at radius 3 is 2.67 bits per heavy atom. The fourth-order valence-corrected chi connectivity index (χ4v) is 4.58. The highest BCUT2D eigenvalue weighted by atomic mass is 32.2. The molecule has 1 saturated heterocycles. The minimum Gasteiger partial charge on any atom is -0.378 e. The van der Waals surface area contributed by atoms with E-state index in [0.717, 1.165) is 28.9 Å². The van der Waals surface area contributed by atoms with Gasteiger partial charge in [0, 0.05) is 33.7 Å². The van der Waals surface area contributed by atoms with Crippen molar-refractivity contribution in [2.45, 2.75) is 18.2 Å². The van der Waals surface area contributed by atoms with E-state index in [1.54, 1.807) is 10.9 Å². The molecule has 5 heterocycles. The number of amides is 1. The van der Waals surface area contributed by atoms with Crippen molar-refractivity contribution in [3.63, 3.8) is 0 Å². The lowest BCUT2D eigenvalue weighted by atomic mass is 10.3. The molecule has 4 aromatic rings. The zero-order chi connectivity index (χ0) is 25.4. The highest BCUT2D eigenvalue weighted by Gasteiger charge is 2.20. The standard InChI is InChI=1S/C21H26N10O4S/c1-27-18-15(19(33)28(2)21(27)34)30(12-23-18)11-14(32)22-4-5-31-17-13(10-24-31)16(25-20(26-17)36-3)29-6-8-35-9-7-29/h10,12H,4-9,11H2,1-3H3,(H,22,32). The Kier molecular flexibility index (Phi) is 6.49. The van der Waals surface area contributed by atoms with Crippen molar-refractivity contribution in [1.82, 2.24) is 43.8 Å². The van der Waals surface area contributed by atoms with Crippen LogP contribution in [0, 0.1) is 0 Å². The van der Waals surface area contributed by atoms with E-state index in [4.69, 9.17) is 9.72 Å². The number of aromatic nitrogens is 8. The fourth-order valence-electron chi connectivity index (χ4n) is 4.22. The predicted molar refractivity (Wildman–Crippen MR) is 133 cm³/mol. The summed E-state index contributed by atoms with van der Waals surface area (Å²) in [6.07, 6.45) is 5.07. The van der Waals surface area contributed by atoms with Crippen LogP contribution >= 0.6 is 11.8 Å². The molecule has 0 atom stereocenters. The van der Waals surface area contributed by atoms with E-state index in [1.165, 1.54) is 41.3 Å². The maximum absolute atomic E-state index is 12.6. The van der Waals surface area contributed by atoms with Crippen molar-refractivity contribution in [2.24, 2.45) is 14.1 Å². The molecule has 190 valence electrons. The Morgan fingerprint density at radius 2 is 1.92 bits per heavy atom. The van der Waals surface area contributed by atoms with Crippen LogP contribution in [0.25, 0.3) is 22.2 Å². The zero-order valence-corrected chi connectivity index (χ0v) is 21.0. The number of morpholine rings is 1. The van der Waals surface area contributed by atoms with E-state index in [1.807, 2.05) is 6.26 Å². The molecule has 0 spiro atoms. The summed E-state index contributed by atoms with van der Waals surface area (Å²) in [5, 5.41) is 8.84. The number of carbonyl (C=O) groups is 1. The van der Waals surface area contributed by atoms with Crippen LogP contribution in [0.3, 0.4) is 0 Å². The number of carbonyl (C=O) groups excluding carboxylic acids is 1. The van der Waals surface area contributed by atoms with Gasteiger partial charge in [-0.1, -0.05) is 11.8 Å². The van der Waals surface area contributed by atoms with Crippen molar-refractivity contribution in [1.29, 1.82) is 0 Å². The first-order chi connectivity index (χ1) is 17.4. The molecule has 0 radical (unpaired) electrons. The minimum atomic E-state index is -0.498. The van der Waals surface area contributed by atoms with Gasteiger partial charge in [-0.15, -0.1) is 0 Å². The normalized spacial score (nSPS) is 14.1. The summed E-state index contributed by atoms with van der Waals surface area (Å²) in [6.45, 7) is 3.41. The molecule has 0 saturated carbocycles. The zero-order valence-electron chi connectivity index (χ0n) is 20.2. The lowest BCUT2D eigenvalue weighted by molar-refractivity contribution is -0.121. The summed E-state index contributed by atoms with van der Waals surface area (Å²) in [5.74, 6) is 0.543. The van der Waals surface area contributed by atoms with Gasteiger partial charge in [-0.3, -0.25) is 18.7 Å². The van der Waals surface area contributed by atoms with Crippen LogP contribution in [-0.2, 0) is 36.7 Å². The highest BCUT2D eigenvalue weighted by molar-refractivity contribution is 7.98. The van der Waals surface area contributed by atoms with Gasteiger partial charge in [0.05, 0.1) is 37.7 Å². The number of fused-ring (bicyclic) bond motifs is 2. The SMILES string of the molecule is CSc1nc(N2CCOCC2)c2cnn(CCNC(=O)Cn3cnc4c3c(=O)n(C)c(=O)n4C)c2n1. The maximum Gasteiger partial charge on any atom is 0.332 e. The number of imidazole rings is 1. The first-order valence-electron chi connectivity index (χ1n) is 11.4. The second-order valence-corrected chi connectivity index (χ2v) is 9.11. The van der Waals surface area contributed by atoms with Crippen LogP contribution in [0.15, 0.2) is 27.3 Å². The molecule has 14 nitrogen and oxygen atoms in total. The molecule has 1 fully saturated rings. The topological polar surface area (TPSA) is 147 Å². The molecule has 1 aliphatic rings. The quantitative estimate of drug-likeness (QED) is 0.239. The van der Waals surface area contributed by atoms with Crippen molar-refractivity contribution in [2.75, 3.05) is 44.0 Å². The van der Waals surface area contributed by atoms with E-state index in [9.17, 15) is 14.4 Å². The summed E-state index contributed by atoms with van der Waals surface area (Å²) in [4.78, 5) is 53.0. The Hall–Kier alpha value is -3.72. The second-order valence-electron chi connectivity index (χ2n) is 8.34. The Balaban J connectivity index is 1.30. The number of nitrogens with zero attached hydrogens (tertiary/aromatic N) is 9. The molecular weight excluding hydrogens is 488 g/mol. The van der Waals surface area contributed by atoms with E-state index >= 15 is 0 Å². The summed E-state index contributed by atoms with van der Waals surface area (Å²) in [7, 11) is 2.93. The lowest BCUT2D eigenvalue weighted by Crippen LogP contribution is -2.38. The number of hydrogen-bond donors (Lipinski definition) is 1. The van der Waals surface area contributed by atoms with E-state index in [2.05, 4.69) is 25.3 Å². The van der Waals surface area contributed by atoms with Crippen molar-refractivity contribution in [3.8, 4) is 0 Å². The molecule has 0 unspecified atom stereocenters. The number of nitrogens with one attached hydrogen (secondary N) is 1. The van der Waals surface area contributed by atoms with Crippen molar-refractivity contribution in [3.05, 3.63) is 33.4 Å². The van der Waals surface area contributed by atoms with E-state index < -0.39 is 11.2 Å². The third-order valence-electron chi connectivity index (χ3n) is 6.13. The van der Waals surface area contributed by atoms with E-state index in [-0.39, 0.29) is 23.6 Å². The molecule has 1 aliphatic heterocycles. The Labute approximate surface area is 208 Å². The monoisotopic (exact) mass is 514 g/mol. The number of rotatable bonds is 7. The molecule has 0 aliphatic carbocycles. The largest absolute Gasteiger partial charge is 0.378 e. The highest BCUT2D eigenvalue weighted by Crippen LogP contribution is 2.27. The van der Waals surface area contributed by atoms with Crippen LogP contribution in [0.1, 0.15) is 0 Å². The summed E-state index contributed by atoms with van der Waals surface area (Å²) in [6, 6.07) is 0. The Morgan fingerprint density at radius 1 is 1.14 bits per heavy atom. The molecule has 1 amide bonds. The van der Waals surface area contributed by atoms with Crippen LogP contribution in [0.5, 0.6) is 0 Å². The molecular formula is C21H26N10O4S. The average Bonchev–Trinajstić information content (AvgIpc) is 3.50. The number of thioether (sulfide) groups is 1. The van der Waals surface area contributed by atoms with Gasteiger partial charge in [-0.05, 0) is 6.26 Å². The second kappa shape index (κ2) is 9.73. The molecule has 1 N–H and O–H groups in total. The average molecular weight is 515 g/mol. The van der Waals surface area contributed by atoms with Crippen LogP contribution in [-0.4, -0.2) is 83.4 Å². The number of hydrogen-bond acceptors (Lipinski definition) is 10. The van der Waals surface area contributed by atoms with Gasteiger partial charge >= 0.3 is 5.69 Å². The predicted octanol–water partition coefficient (Wildman–Crippen LogP) is -1.05. The number of aryl methyl sites for hydroxylation is 1. The first kappa shape index (κ1) is 24.0. The first-order valence-corrected chi connectivity index (χ1v) is 12.6. The third-order valence-corrected chi connectivity index (χ3v) is 6.67. The molecule has 15 heteroatoms. The van der Waals surface area contributed by atoms with Gasteiger partial charge in [0.25, 0.3) is 5.56 Å². The summed E-state index contributed by atoms with van der Waals surface area (Å²) < 4.78 is 10.9. The minimum absolute atomic E-state index is 0.107. The van der Waals surface area contributed by atoms with Crippen LogP contribution < -0.4 is 21.5 Å². The van der Waals surface area contributed by atoms with Gasteiger partial charge in [-0.25, -0.2) is 24.4 Å². The maximum atomic E-state index is 12.6. The van der Waals surface area contributed by atoms with Crippen molar-refractivity contribution >= 4 is 45.7 Å². The molecule has 0 aromatic carbocycles. The summed E-state index contributed by atoms with van der Waals surface area (Å²) in [5.41, 5.74) is 0.166. The molecule has 0 bridgehead atoms. The smallest absolute Gasteiger partial charge is 0.332 e. The fraction of sp³-hybridized carbons (Fsp3) is 0.476. The third kappa shape index (κ3) is 4.24. The number of anilines is 1. The van der Waals surface area contributed by atoms with Gasteiger partial charge in [0.2, 0.25) is 5.91 Å². The van der Waals surface area contributed by atoms with E-state index in [0.29, 0.717) is 37.1 Å². The summed E-state index contributed by atoms with van der Waals surface area (Å²) >= 11 is 1.46. The van der Waals surface area contributed by atoms with Crippen molar-refractivity contribution < 1.29 is 9.53 Å². The van der Waals surface area contributed by atoms with Gasteiger partial charge in [0.15, 0.2) is 22.0 Å². The van der Waals surface area contributed by atoms with Crippen LogP contribution in [0.2, 0.25) is 0 Å².